The molecule has 0 heterocycles. The second-order valence-corrected chi connectivity index (χ2v) is 3.77. The Kier molecular flexibility index (Phi) is 7.57. The Bertz CT molecular complexity index is 385. The standard InChI is InChI=1S/C13H20N2O4/c1-17-5-6-18-7-8-19-13(16)15-12-4-2-3-11(9-12)10-14/h2-4,9H,5-8,10,14H2,1H3,(H,15,16). The van der Waals surface area contributed by atoms with Gasteiger partial charge in [-0.2, -0.15) is 0 Å². The lowest BCUT2D eigenvalue weighted by molar-refractivity contribution is 0.0447. The van der Waals surface area contributed by atoms with Gasteiger partial charge in [0, 0.05) is 19.3 Å². The van der Waals surface area contributed by atoms with Gasteiger partial charge in [-0.05, 0) is 17.7 Å². The fraction of sp³-hybridized carbons (Fsp3) is 0.462. The van der Waals surface area contributed by atoms with Crippen LogP contribution in [-0.2, 0) is 20.8 Å². The highest BCUT2D eigenvalue weighted by atomic mass is 16.6. The number of nitrogens with one attached hydrogen (secondary N) is 1. The second-order valence-electron chi connectivity index (χ2n) is 3.77. The van der Waals surface area contributed by atoms with Crippen molar-refractivity contribution in [3.05, 3.63) is 29.8 Å². The molecule has 0 bridgehead atoms. The van der Waals surface area contributed by atoms with Crippen LogP contribution in [0.4, 0.5) is 10.5 Å². The zero-order valence-electron chi connectivity index (χ0n) is 11.1. The molecule has 0 radical (unpaired) electrons. The summed E-state index contributed by atoms with van der Waals surface area (Å²) in [5.41, 5.74) is 7.12. The van der Waals surface area contributed by atoms with Crippen LogP contribution in [0.5, 0.6) is 0 Å². The average molecular weight is 268 g/mol. The van der Waals surface area contributed by atoms with Gasteiger partial charge in [-0.3, -0.25) is 5.32 Å². The van der Waals surface area contributed by atoms with Crippen LogP contribution in [0.2, 0.25) is 0 Å². The van der Waals surface area contributed by atoms with Crippen molar-refractivity contribution in [2.45, 2.75) is 6.54 Å². The molecule has 0 saturated carbocycles. The van der Waals surface area contributed by atoms with E-state index in [-0.39, 0.29) is 6.61 Å². The van der Waals surface area contributed by atoms with Crippen LogP contribution in [0.25, 0.3) is 0 Å². The molecule has 3 N–H and O–H groups in total. The van der Waals surface area contributed by atoms with Crippen molar-refractivity contribution in [2.24, 2.45) is 5.73 Å². The predicted octanol–water partition coefficient (Wildman–Crippen LogP) is 1.36. The molecule has 0 saturated heterocycles. The van der Waals surface area contributed by atoms with Gasteiger partial charge in [-0.25, -0.2) is 4.79 Å². The number of benzene rings is 1. The van der Waals surface area contributed by atoms with Crippen molar-refractivity contribution >= 4 is 11.8 Å². The first-order valence-corrected chi connectivity index (χ1v) is 6.05. The quantitative estimate of drug-likeness (QED) is 0.695. The molecule has 106 valence electrons. The van der Waals surface area contributed by atoms with Crippen molar-refractivity contribution in [3.63, 3.8) is 0 Å². The molecule has 0 spiro atoms. The lowest BCUT2D eigenvalue weighted by atomic mass is 10.2. The van der Waals surface area contributed by atoms with E-state index in [2.05, 4.69) is 5.32 Å². The molecule has 1 rings (SSSR count). The number of hydrogen-bond acceptors (Lipinski definition) is 5. The Morgan fingerprint density at radius 2 is 2.05 bits per heavy atom. The number of carbonyl (C=O) groups is 1. The maximum absolute atomic E-state index is 11.5. The van der Waals surface area contributed by atoms with E-state index < -0.39 is 6.09 Å². The van der Waals surface area contributed by atoms with Gasteiger partial charge in [0.2, 0.25) is 0 Å². The molecule has 0 aromatic heterocycles. The third-order valence-electron chi connectivity index (χ3n) is 2.30. The zero-order chi connectivity index (χ0) is 13.9. The summed E-state index contributed by atoms with van der Waals surface area (Å²) in [6.45, 7) is 1.99. The SMILES string of the molecule is COCCOCCOC(=O)Nc1cccc(CN)c1. The summed E-state index contributed by atoms with van der Waals surface area (Å²) in [5, 5.41) is 2.62. The normalized spacial score (nSPS) is 10.2. The molecular weight excluding hydrogens is 248 g/mol. The molecular formula is C13H20N2O4. The molecule has 0 aliphatic rings. The lowest BCUT2D eigenvalue weighted by Gasteiger charge is -2.08. The van der Waals surface area contributed by atoms with Crippen LogP contribution >= 0.6 is 0 Å². The first-order chi connectivity index (χ1) is 9.26. The van der Waals surface area contributed by atoms with E-state index in [0.717, 1.165) is 5.56 Å². The number of rotatable bonds is 8. The van der Waals surface area contributed by atoms with Gasteiger partial charge in [0.1, 0.15) is 6.61 Å². The minimum atomic E-state index is -0.510. The van der Waals surface area contributed by atoms with E-state index in [1.54, 1.807) is 19.2 Å². The highest BCUT2D eigenvalue weighted by Gasteiger charge is 2.03. The smallest absolute Gasteiger partial charge is 0.411 e. The largest absolute Gasteiger partial charge is 0.447 e. The van der Waals surface area contributed by atoms with Gasteiger partial charge in [0.25, 0.3) is 0 Å². The fourth-order valence-electron chi connectivity index (χ4n) is 1.37. The third kappa shape index (κ3) is 6.76. The molecule has 0 atom stereocenters. The number of anilines is 1. The molecule has 6 heteroatoms. The number of carbonyl (C=O) groups excluding carboxylic acids is 1. The maximum atomic E-state index is 11.5. The first-order valence-electron chi connectivity index (χ1n) is 6.05. The first kappa shape index (κ1) is 15.4. The van der Waals surface area contributed by atoms with E-state index >= 15 is 0 Å². The molecule has 1 amide bonds. The average Bonchev–Trinajstić information content (AvgIpc) is 2.43. The monoisotopic (exact) mass is 268 g/mol. The highest BCUT2D eigenvalue weighted by Crippen LogP contribution is 2.10. The molecule has 0 aliphatic carbocycles. The minimum absolute atomic E-state index is 0.201. The molecule has 1 aromatic carbocycles. The predicted molar refractivity (Wildman–Crippen MR) is 72.0 cm³/mol. The maximum Gasteiger partial charge on any atom is 0.411 e. The Labute approximate surface area is 112 Å². The number of nitrogens with two attached hydrogens (primary N) is 1. The molecule has 19 heavy (non-hydrogen) atoms. The summed E-state index contributed by atoms with van der Waals surface area (Å²) in [5.74, 6) is 0. The summed E-state index contributed by atoms with van der Waals surface area (Å²) in [6, 6.07) is 7.29. The number of amides is 1. The van der Waals surface area contributed by atoms with Crippen molar-refractivity contribution in [3.8, 4) is 0 Å². The molecule has 0 aliphatic heterocycles. The van der Waals surface area contributed by atoms with Gasteiger partial charge in [-0.1, -0.05) is 12.1 Å². The highest BCUT2D eigenvalue weighted by molar-refractivity contribution is 5.84. The molecule has 0 unspecified atom stereocenters. The van der Waals surface area contributed by atoms with Crippen LogP contribution in [0.3, 0.4) is 0 Å². The Balaban J connectivity index is 2.19. The number of methoxy groups -OCH3 is 1. The molecule has 0 fully saturated rings. The number of hydrogen-bond donors (Lipinski definition) is 2. The van der Waals surface area contributed by atoms with E-state index in [1.165, 1.54) is 0 Å². The topological polar surface area (TPSA) is 82.8 Å². The summed E-state index contributed by atoms with van der Waals surface area (Å²) >= 11 is 0. The summed E-state index contributed by atoms with van der Waals surface area (Å²) in [4.78, 5) is 11.5. The van der Waals surface area contributed by atoms with Gasteiger partial charge in [-0.15, -0.1) is 0 Å². The lowest BCUT2D eigenvalue weighted by Crippen LogP contribution is -2.17. The van der Waals surface area contributed by atoms with Gasteiger partial charge < -0.3 is 19.9 Å². The van der Waals surface area contributed by atoms with E-state index in [0.29, 0.717) is 32.1 Å². The van der Waals surface area contributed by atoms with Crippen LogP contribution in [-0.4, -0.2) is 39.6 Å². The van der Waals surface area contributed by atoms with Gasteiger partial charge in [0.15, 0.2) is 0 Å². The minimum Gasteiger partial charge on any atom is -0.447 e. The summed E-state index contributed by atoms with van der Waals surface area (Å²) in [6.07, 6.45) is -0.510. The van der Waals surface area contributed by atoms with Gasteiger partial charge >= 0.3 is 6.09 Å². The fourth-order valence-corrected chi connectivity index (χ4v) is 1.37. The van der Waals surface area contributed by atoms with Crippen LogP contribution in [0, 0.1) is 0 Å². The summed E-state index contributed by atoms with van der Waals surface area (Å²) in [7, 11) is 1.60. The van der Waals surface area contributed by atoms with Crippen LogP contribution < -0.4 is 11.1 Å². The van der Waals surface area contributed by atoms with Crippen LogP contribution in [0.1, 0.15) is 5.56 Å². The molecule has 6 nitrogen and oxygen atoms in total. The van der Waals surface area contributed by atoms with Gasteiger partial charge in [0.05, 0.1) is 19.8 Å². The Morgan fingerprint density at radius 3 is 2.79 bits per heavy atom. The van der Waals surface area contributed by atoms with E-state index in [1.807, 2.05) is 12.1 Å². The summed E-state index contributed by atoms with van der Waals surface area (Å²) < 4.78 is 14.9. The van der Waals surface area contributed by atoms with E-state index in [9.17, 15) is 4.79 Å². The Morgan fingerprint density at radius 1 is 1.26 bits per heavy atom. The third-order valence-corrected chi connectivity index (χ3v) is 2.30. The van der Waals surface area contributed by atoms with E-state index in [4.69, 9.17) is 19.9 Å². The second kappa shape index (κ2) is 9.32. The van der Waals surface area contributed by atoms with Crippen molar-refractivity contribution < 1.29 is 19.0 Å². The van der Waals surface area contributed by atoms with Crippen molar-refractivity contribution in [1.82, 2.24) is 0 Å². The molecule has 1 aromatic rings. The Hall–Kier alpha value is -1.63. The zero-order valence-corrected chi connectivity index (χ0v) is 11.1. The van der Waals surface area contributed by atoms with Crippen molar-refractivity contribution in [1.29, 1.82) is 0 Å². The van der Waals surface area contributed by atoms with Crippen LogP contribution in [0.15, 0.2) is 24.3 Å². The van der Waals surface area contributed by atoms with Crippen molar-refractivity contribution in [2.75, 3.05) is 38.9 Å². The number of ether oxygens (including phenoxy) is 3.